The second-order valence-corrected chi connectivity index (χ2v) is 4.93. The number of benzene rings is 1. The Morgan fingerprint density at radius 1 is 1.45 bits per heavy atom. The molecule has 1 aromatic carbocycles. The number of nitrogens with one attached hydrogen (secondary N) is 1. The average molecular weight is 304 g/mol. The summed E-state index contributed by atoms with van der Waals surface area (Å²) in [5.41, 5.74) is 6.69. The number of nitrogen functional groups attached to an aromatic ring is 1. The Kier molecular flexibility index (Phi) is 4.11. The van der Waals surface area contributed by atoms with E-state index in [0.29, 0.717) is 11.5 Å². The van der Waals surface area contributed by atoms with E-state index in [1.807, 2.05) is 0 Å². The van der Waals surface area contributed by atoms with Crippen LogP contribution in [-0.2, 0) is 0 Å². The predicted octanol–water partition coefficient (Wildman–Crippen LogP) is 2.27. The lowest BCUT2D eigenvalue weighted by Crippen LogP contribution is -2.28. The number of nitrogens with zero attached hydrogens (tertiary/aromatic N) is 2. The van der Waals surface area contributed by atoms with Gasteiger partial charge in [0.05, 0.1) is 22.3 Å². The van der Waals surface area contributed by atoms with E-state index in [1.54, 1.807) is 20.8 Å². The molecule has 8 heteroatoms. The molecule has 116 valence electrons. The average Bonchev–Trinajstić information content (AvgIpc) is 2.77. The highest BCUT2D eigenvalue weighted by molar-refractivity contribution is 6.03. The van der Waals surface area contributed by atoms with Crippen molar-refractivity contribution in [3.8, 4) is 0 Å². The highest BCUT2D eigenvalue weighted by Gasteiger charge is 2.25. The van der Waals surface area contributed by atoms with Crippen molar-refractivity contribution in [1.82, 2.24) is 10.5 Å². The molecule has 1 heterocycles. The number of carbonyl (C=O) groups is 1. The van der Waals surface area contributed by atoms with Crippen LogP contribution in [0.3, 0.4) is 0 Å². The molecule has 0 unspecified atom stereocenters. The number of aryl methyl sites for hydroxylation is 2. The van der Waals surface area contributed by atoms with Crippen LogP contribution in [0.5, 0.6) is 0 Å². The largest absolute Gasteiger partial charge is 0.398 e. The topological polar surface area (TPSA) is 124 Å². The molecule has 0 saturated carbocycles. The first-order chi connectivity index (χ1) is 10.3. The molecule has 0 saturated heterocycles. The molecule has 3 N–H and O–H groups in total. The smallest absolute Gasteiger partial charge is 0.284 e. The molecule has 0 bridgehead atoms. The zero-order chi connectivity index (χ0) is 16.4. The van der Waals surface area contributed by atoms with Gasteiger partial charge in [0.15, 0.2) is 0 Å². The van der Waals surface area contributed by atoms with Crippen LogP contribution < -0.4 is 11.1 Å². The molecular weight excluding hydrogens is 288 g/mol. The summed E-state index contributed by atoms with van der Waals surface area (Å²) in [5.74, 6) is -0.0295. The van der Waals surface area contributed by atoms with Crippen molar-refractivity contribution in [2.75, 3.05) is 5.73 Å². The third-order valence-electron chi connectivity index (χ3n) is 3.37. The Labute approximate surface area is 126 Å². The number of nitro groups is 1. The molecule has 1 amide bonds. The maximum atomic E-state index is 12.4. The summed E-state index contributed by atoms with van der Waals surface area (Å²) < 4.78 is 5.06. The summed E-state index contributed by atoms with van der Waals surface area (Å²) in [6.07, 6.45) is 0. The van der Waals surface area contributed by atoms with E-state index in [4.69, 9.17) is 10.3 Å². The van der Waals surface area contributed by atoms with Crippen LogP contribution in [0.15, 0.2) is 22.7 Å². The number of anilines is 1. The second-order valence-electron chi connectivity index (χ2n) is 4.93. The maximum Gasteiger partial charge on any atom is 0.284 e. The minimum Gasteiger partial charge on any atom is -0.398 e. The van der Waals surface area contributed by atoms with Crippen molar-refractivity contribution in [2.24, 2.45) is 0 Å². The van der Waals surface area contributed by atoms with Crippen molar-refractivity contribution < 1.29 is 14.2 Å². The molecule has 0 fully saturated rings. The Hall–Kier alpha value is -2.90. The lowest BCUT2D eigenvalue weighted by molar-refractivity contribution is -0.385. The van der Waals surface area contributed by atoms with Gasteiger partial charge in [0.1, 0.15) is 11.3 Å². The quantitative estimate of drug-likeness (QED) is 0.507. The Morgan fingerprint density at radius 3 is 2.68 bits per heavy atom. The van der Waals surface area contributed by atoms with Crippen LogP contribution in [0.25, 0.3) is 0 Å². The highest BCUT2D eigenvalue weighted by atomic mass is 16.6. The monoisotopic (exact) mass is 304 g/mol. The molecule has 2 rings (SSSR count). The molecule has 0 aliphatic carbocycles. The zero-order valence-electron chi connectivity index (χ0n) is 12.4. The van der Waals surface area contributed by atoms with Gasteiger partial charge in [0, 0.05) is 11.6 Å². The molecule has 2 aromatic rings. The number of hydrogen-bond donors (Lipinski definition) is 2. The minimum absolute atomic E-state index is 0.0534. The SMILES string of the molecule is Cc1noc(C)c1[C@@H](C)NC(=O)c1c(N)cccc1[N+](=O)[O-]. The first-order valence-corrected chi connectivity index (χ1v) is 6.59. The summed E-state index contributed by atoms with van der Waals surface area (Å²) >= 11 is 0. The van der Waals surface area contributed by atoms with E-state index < -0.39 is 16.9 Å². The fourth-order valence-corrected chi connectivity index (χ4v) is 2.41. The molecule has 0 radical (unpaired) electrons. The van der Waals surface area contributed by atoms with Gasteiger partial charge in [-0.25, -0.2) is 0 Å². The molecule has 0 aliphatic rings. The number of aromatic nitrogens is 1. The van der Waals surface area contributed by atoms with Crippen LogP contribution in [0.4, 0.5) is 11.4 Å². The summed E-state index contributed by atoms with van der Waals surface area (Å²) in [4.78, 5) is 22.8. The lowest BCUT2D eigenvalue weighted by atomic mass is 10.1. The lowest BCUT2D eigenvalue weighted by Gasteiger charge is -2.14. The van der Waals surface area contributed by atoms with Crippen molar-refractivity contribution in [1.29, 1.82) is 0 Å². The number of amides is 1. The van der Waals surface area contributed by atoms with Crippen LogP contribution in [0.2, 0.25) is 0 Å². The molecule has 22 heavy (non-hydrogen) atoms. The number of nitrogens with two attached hydrogens (primary N) is 1. The molecule has 1 atom stereocenters. The van der Waals surface area contributed by atoms with Crippen LogP contribution in [-0.4, -0.2) is 16.0 Å². The minimum atomic E-state index is -0.633. The Balaban J connectivity index is 2.32. The van der Waals surface area contributed by atoms with Crippen molar-refractivity contribution in [2.45, 2.75) is 26.8 Å². The highest BCUT2D eigenvalue weighted by Crippen LogP contribution is 2.26. The summed E-state index contributed by atoms with van der Waals surface area (Å²) in [5, 5.41) is 17.6. The molecular formula is C14H16N4O4. The summed E-state index contributed by atoms with van der Waals surface area (Å²) in [7, 11) is 0. The number of rotatable bonds is 4. The van der Waals surface area contributed by atoms with Crippen LogP contribution in [0, 0.1) is 24.0 Å². The van der Waals surface area contributed by atoms with Gasteiger partial charge in [-0.3, -0.25) is 14.9 Å². The molecule has 0 aliphatic heterocycles. The van der Waals surface area contributed by atoms with E-state index in [9.17, 15) is 14.9 Å². The van der Waals surface area contributed by atoms with Crippen LogP contribution >= 0.6 is 0 Å². The van der Waals surface area contributed by atoms with E-state index in [2.05, 4.69) is 10.5 Å². The summed E-state index contributed by atoms with van der Waals surface area (Å²) in [6, 6.07) is 3.70. The molecule has 0 spiro atoms. The van der Waals surface area contributed by atoms with Crippen molar-refractivity contribution in [3.05, 3.63) is 50.9 Å². The predicted molar refractivity (Wildman–Crippen MR) is 79.4 cm³/mol. The number of nitro benzene ring substituents is 1. The first-order valence-electron chi connectivity index (χ1n) is 6.59. The third-order valence-corrected chi connectivity index (χ3v) is 3.37. The van der Waals surface area contributed by atoms with Crippen molar-refractivity contribution >= 4 is 17.3 Å². The van der Waals surface area contributed by atoms with Crippen LogP contribution in [0.1, 0.15) is 40.3 Å². The standard InChI is InChI=1S/C14H16N4O4/c1-7(12-8(2)17-22-9(12)3)16-14(19)13-10(15)5-4-6-11(13)18(20)21/h4-7H,15H2,1-3H3,(H,16,19)/t7-/m1/s1. The van der Waals surface area contributed by atoms with Crippen molar-refractivity contribution in [3.63, 3.8) is 0 Å². The van der Waals surface area contributed by atoms with Gasteiger partial charge in [-0.05, 0) is 26.8 Å². The number of hydrogen-bond acceptors (Lipinski definition) is 6. The van der Waals surface area contributed by atoms with E-state index >= 15 is 0 Å². The first kappa shape index (κ1) is 15.5. The zero-order valence-corrected chi connectivity index (χ0v) is 12.4. The normalized spacial score (nSPS) is 12.0. The fourth-order valence-electron chi connectivity index (χ4n) is 2.41. The van der Waals surface area contributed by atoms with Gasteiger partial charge in [-0.15, -0.1) is 0 Å². The third kappa shape index (κ3) is 2.76. The second kappa shape index (κ2) is 5.84. The van der Waals surface area contributed by atoms with Gasteiger partial charge in [-0.2, -0.15) is 0 Å². The molecule has 1 aromatic heterocycles. The number of carbonyl (C=O) groups excluding carboxylic acids is 1. The fraction of sp³-hybridized carbons (Fsp3) is 0.286. The van der Waals surface area contributed by atoms with E-state index in [1.165, 1.54) is 18.2 Å². The van der Waals surface area contributed by atoms with E-state index in [0.717, 1.165) is 5.56 Å². The Bertz CT molecular complexity index is 719. The maximum absolute atomic E-state index is 12.4. The Morgan fingerprint density at radius 2 is 2.14 bits per heavy atom. The molecule has 8 nitrogen and oxygen atoms in total. The van der Waals surface area contributed by atoms with Gasteiger partial charge in [0.2, 0.25) is 0 Å². The van der Waals surface area contributed by atoms with Gasteiger partial charge in [0.25, 0.3) is 11.6 Å². The van der Waals surface area contributed by atoms with Gasteiger partial charge in [-0.1, -0.05) is 11.2 Å². The van der Waals surface area contributed by atoms with Gasteiger partial charge >= 0.3 is 0 Å². The summed E-state index contributed by atoms with van der Waals surface area (Å²) in [6.45, 7) is 5.24. The van der Waals surface area contributed by atoms with E-state index in [-0.39, 0.29) is 16.9 Å². The van der Waals surface area contributed by atoms with Gasteiger partial charge < -0.3 is 15.6 Å².